The molecule has 0 unspecified atom stereocenters. The summed E-state index contributed by atoms with van der Waals surface area (Å²) in [6.45, 7) is 2.09. The van der Waals surface area contributed by atoms with E-state index in [0.717, 1.165) is 5.56 Å². The van der Waals surface area contributed by atoms with Crippen molar-refractivity contribution < 1.29 is 9.13 Å². The Morgan fingerprint density at radius 3 is 2.68 bits per heavy atom. The Labute approximate surface area is 117 Å². The van der Waals surface area contributed by atoms with Crippen LogP contribution in [0.3, 0.4) is 0 Å². The second-order valence-corrected chi connectivity index (χ2v) is 4.68. The number of hydrogen-bond donors (Lipinski definition) is 1. The molecule has 0 spiro atoms. The van der Waals surface area contributed by atoms with Crippen LogP contribution in [0.15, 0.2) is 42.5 Å². The minimum absolute atomic E-state index is 0.144. The highest BCUT2D eigenvalue weighted by atomic mass is 32.1. The number of ether oxygens (including phenoxy) is 1. The Hall–Kier alpha value is -1.94. The van der Waals surface area contributed by atoms with Crippen LogP contribution in [0.25, 0.3) is 0 Å². The molecule has 0 aromatic heterocycles. The van der Waals surface area contributed by atoms with Gasteiger partial charge in [0.05, 0.1) is 5.56 Å². The average Bonchev–Trinajstić information content (AvgIpc) is 2.38. The Bertz CT molecular complexity index is 613. The maximum atomic E-state index is 13.5. The molecule has 2 nitrogen and oxygen atoms in total. The predicted octanol–water partition coefficient (Wildman–Crippen LogP) is 3.35. The minimum atomic E-state index is -0.286. The smallest absolute Gasteiger partial charge is 0.130 e. The first-order valence-electron chi connectivity index (χ1n) is 5.84. The van der Waals surface area contributed by atoms with Gasteiger partial charge in [-0.15, -0.1) is 0 Å². The Balaban J connectivity index is 2.20. The van der Waals surface area contributed by atoms with Crippen LogP contribution >= 0.6 is 12.2 Å². The molecule has 0 saturated carbocycles. The summed E-state index contributed by atoms with van der Waals surface area (Å²) in [5.41, 5.74) is 7.87. The van der Waals surface area contributed by atoms with E-state index in [4.69, 9.17) is 22.7 Å². The van der Waals surface area contributed by atoms with Crippen molar-refractivity contribution in [2.75, 3.05) is 0 Å². The van der Waals surface area contributed by atoms with Crippen LogP contribution in [-0.2, 0) is 6.61 Å². The monoisotopic (exact) mass is 275 g/mol. The van der Waals surface area contributed by atoms with Crippen LogP contribution in [0.1, 0.15) is 16.7 Å². The lowest BCUT2D eigenvalue weighted by Gasteiger charge is -2.12. The van der Waals surface area contributed by atoms with Gasteiger partial charge in [-0.1, -0.05) is 42.0 Å². The summed E-state index contributed by atoms with van der Waals surface area (Å²) in [6.07, 6.45) is 0. The van der Waals surface area contributed by atoms with Gasteiger partial charge in [0.15, 0.2) is 0 Å². The molecule has 2 aromatic carbocycles. The van der Waals surface area contributed by atoms with Gasteiger partial charge in [0.1, 0.15) is 23.2 Å². The Morgan fingerprint density at radius 2 is 2.00 bits per heavy atom. The number of rotatable bonds is 4. The summed E-state index contributed by atoms with van der Waals surface area (Å²) in [5.74, 6) is 0.285. The van der Waals surface area contributed by atoms with E-state index < -0.39 is 0 Å². The number of thiocarbonyl (C=S) groups is 1. The van der Waals surface area contributed by atoms with Crippen molar-refractivity contribution in [3.63, 3.8) is 0 Å². The van der Waals surface area contributed by atoms with Crippen molar-refractivity contribution in [3.05, 3.63) is 65.0 Å². The van der Waals surface area contributed by atoms with E-state index in [1.54, 1.807) is 24.3 Å². The van der Waals surface area contributed by atoms with Crippen LogP contribution in [0.4, 0.5) is 4.39 Å². The molecule has 0 atom stereocenters. The third-order valence-corrected chi connectivity index (χ3v) is 2.96. The van der Waals surface area contributed by atoms with E-state index in [0.29, 0.717) is 16.9 Å². The minimum Gasteiger partial charge on any atom is -0.488 e. The van der Waals surface area contributed by atoms with E-state index in [9.17, 15) is 4.39 Å². The second-order valence-electron chi connectivity index (χ2n) is 4.24. The first-order valence-corrected chi connectivity index (χ1v) is 6.25. The fourth-order valence-corrected chi connectivity index (χ4v) is 1.89. The molecule has 2 aromatic rings. The fourth-order valence-electron chi connectivity index (χ4n) is 1.73. The summed E-state index contributed by atoms with van der Waals surface area (Å²) in [5, 5.41) is 0. The fraction of sp³-hybridized carbons (Fsp3) is 0.133. The summed E-state index contributed by atoms with van der Waals surface area (Å²) >= 11 is 4.99. The van der Waals surface area contributed by atoms with Crippen molar-refractivity contribution in [1.29, 1.82) is 0 Å². The molecule has 0 radical (unpaired) electrons. The summed E-state index contributed by atoms with van der Waals surface area (Å²) in [6, 6.07) is 12.1. The van der Waals surface area contributed by atoms with E-state index in [1.165, 1.54) is 6.07 Å². The van der Waals surface area contributed by atoms with E-state index in [2.05, 4.69) is 0 Å². The molecular weight excluding hydrogens is 261 g/mol. The van der Waals surface area contributed by atoms with Crippen LogP contribution < -0.4 is 10.5 Å². The molecule has 0 bridgehead atoms. The zero-order chi connectivity index (χ0) is 13.8. The number of aryl methyl sites for hydroxylation is 1. The molecule has 19 heavy (non-hydrogen) atoms. The molecule has 0 aliphatic carbocycles. The summed E-state index contributed by atoms with van der Waals surface area (Å²) < 4.78 is 19.1. The van der Waals surface area contributed by atoms with Crippen LogP contribution in [0.2, 0.25) is 0 Å². The van der Waals surface area contributed by atoms with Gasteiger partial charge in [-0.05, 0) is 25.1 Å². The van der Waals surface area contributed by atoms with Gasteiger partial charge < -0.3 is 10.5 Å². The van der Waals surface area contributed by atoms with Gasteiger partial charge in [0, 0.05) is 5.56 Å². The molecule has 0 aliphatic rings. The van der Waals surface area contributed by atoms with Crippen LogP contribution in [0.5, 0.6) is 5.75 Å². The van der Waals surface area contributed by atoms with Crippen molar-refractivity contribution in [2.24, 2.45) is 5.73 Å². The lowest BCUT2D eigenvalue weighted by Crippen LogP contribution is -2.12. The molecule has 2 rings (SSSR count). The van der Waals surface area contributed by atoms with E-state index >= 15 is 0 Å². The third kappa shape index (κ3) is 3.29. The second kappa shape index (κ2) is 5.80. The number of benzene rings is 2. The highest BCUT2D eigenvalue weighted by molar-refractivity contribution is 7.80. The first kappa shape index (κ1) is 13.5. The van der Waals surface area contributed by atoms with Gasteiger partial charge >= 0.3 is 0 Å². The van der Waals surface area contributed by atoms with E-state index in [-0.39, 0.29) is 17.4 Å². The normalized spacial score (nSPS) is 10.2. The maximum absolute atomic E-state index is 13.5. The maximum Gasteiger partial charge on any atom is 0.130 e. The van der Waals surface area contributed by atoms with E-state index in [1.807, 2.05) is 19.1 Å². The van der Waals surface area contributed by atoms with Crippen LogP contribution in [-0.4, -0.2) is 4.99 Å². The zero-order valence-electron chi connectivity index (χ0n) is 10.5. The Kier molecular flexibility index (Phi) is 4.12. The van der Waals surface area contributed by atoms with Crippen molar-refractivity contribution >= 4 is 17.2 Å². The number of hydrogen-bond acceptors (Lipinski definition) is 2. The molecule has 0 heterocycles. The average molecular weight is 275 g/mol. The summed E-state index contributed by atoms with van der Waals surface area (Å²) in [7, 11) is 0. The molecule has 0 amide bonds. The molecule has 2 N–H and O–H groups in total. The number of nitrogens with two attached hydrogens (primary N) is 1. The zero-order valence-corrected chi connectivity index (χ0v) is 11.3. The lowest BCUT2D eigenvalue weighted by atomic mass is 10.1. The quantitative estimate of drug-likeness (QED) is 0.869. The van der Waals surface area contributed by atoms with Gasteiger partial charge in [-0.3, -0.25) is 0 Å². The van der Waals surface area contributed by atoms with Gasteiger partial charge in [-0.25, -0.2) is 4.39 Å². The molecule has 0 aliphatic heterocycles. The third-order valence-electron chi connectivity index (χ3n) is 2.74. The van der Waals surface area contributed by atoms with Crippen LogP contribution in [0, 0.1) is 12.7 Å². The molecular formula is C15H14FNOS. The lowest BCUT2D eigenvalue weighted by molar-refractivity contribution is 0.299. The molecule has 0 fully saturated rings. The highest BCUT2D eigenvalue weighted by Crippen LogP contribution is 2.21. The standard InChI is InChI=1S/C15H14FNOS/c1-10-6-7-14(12(8-10)15(17)19)18-9-11-4-2-3-5-13(11)16/h2-8H,9H2,1H3,(H2,17,19). The summed E-state index contributed by atoms with van der Waals surface area (Å²) in [4.78, 5) is 0.271. The topological polar surface area (TPSA) is 35.2 Å². The number of halogens is 1. The molecule has 4 heteroatoms. The van der Waals surface area contributed by atoms with Gasteiger partial charge in [-0.2, -0.15) is 0 Å². The SMILES string of the molecule is Cc1ccc(OCc2ccccc2F)c(C(N)=S)c1. The van der Waals surface area contributed by atoms with Crippen molar-refractivity contribution in [2.45, 2.75) is 13.5 Å². The van der Waals surface area contributed by atoms with Gasteiger partial charge in [0.25, 0.3) is 0 Å². The van der Waals surface area contributed by atoms with Crippen molar-refractivity contribution in [1.82, 2.24) is 0 Å². The largest absolute Gasteiger partial charge is 0.488 e. The Morgan fingerprint density at radius 1 is 1.26 bits per heavy atom. The molecule has 98 valence electrons. The van der Waals surface area contributed by atoms with Gasteiger partial charge in [0.2, 0.25) is 0 Å². The predicted molar refractivity (Wildman–Crippen MR) is 77.8 cm³/mol. The first-order chi connectivity index (χ1) is 9.08. The molecule has 0 saturated heterocycles. The van der Waals surface area contributed by atoms with Crippen molar-refractivity contribution in [3.8, 4) is 5.75 Å². The highest BCUT2D eigenvalue weighted by Gasteiger charge is 2.08.